The predicted octanol–water partition coefficient (Wildman–Crippen LogP) is 2.81. The first-order valence-electron chi connectivity index (χ1n) is 6.96. The summed E-state index contributed by atoms with van der Waals surface area (Å²) in [6, 6.07) is 7.67. The summed E-state index contributed by atoms with van der Waals surface area (Å²) in [5, 5.41) is 10.9. The fraction of sp³-hybridized carbons (Fsp3) is 0.533. The summed E-state index contributed by atoms with van der Waals surface area (Å²) in [6.45, 7) is 1.04. The standard InChI is InChI=1S/C15H18ClNO2S/c16-12-3-1-2-4-13(12)20-8-7-14(18)17-9-15(19,10-17)11-5-6-11/h1-4,11,19H,5-10H2. The van der Waals surface area contributed by atoms with Gasteiger partial charge in [-0.25, -0.2) is 0 Å². The Bertz CT molecular complexity index is 512. The molecule has 2 fully saturated rings. The largest absolute Gasteiger partial charge is 0.386 e. The number of hydrogen-bond donors (Lipinski definition) is 1. The minimum atomic E-state index is -0.578. The number of carbonyl (C=O) groups is 1. The highest BCUT2D eigenvalue weighted by Crippen LogP contribution is 2.44. The molecule has 1 saturated carbocycles. The molecule has 1 heterocycles. The quantitative estimate of drug-likeness (QED) is 0.850. The fourth-order valence-electron chi connectivity index (χ4n) is 2.64. The van der Waals surface area contributed by atoms with Gasteiger partial charge in [0.05, 0.1) is 18.1 Å². The van der Waals surface area contributed by atoms with Crippen molar-refractivity contribution in [1.29, 1.82) is 0 Å². The van der Waals surface area contributed by atoms with Crippen molar-refractivity contribution < 1.29 is 9.90 Å². The van der Waals surface area contributed by atoms with Crippen LogP contribution in [0.2, 0.25) is 5.02 Å². The van der Waals surface area contributed by atoms with Gasteiger partial charge in [-0.2, -0.15) is 0 Å². The average molecular weight is 312 g/mol. The number of carbonyl (C=O) groups excluding carboxylic acids is 1. The van der Waals surface area contributed by atoms with E-state index in [9.17, 15) is 9.90 Å². The Hall–Kier alpha value is -0.710. The first-order chi connectivity index (χ1) is 9.58. The summed E-state index contributed by atoms with van der Waals surface area (Å²) in [4.78, 5) is 14.8. The van der Waals surface area contributed by atoms with Gasteiger partial charge < -0.3 is 10.0 Å². The molecule has 0 bridgehead atoms. The van der Waals surface area contributed by atoms with Crippen LogP contribution >= 0.6 is 23.4 Å². The lowest BCUT2D eigenvalue weighted by molar-refractivity contribution is -0.158. The number of amides is 1. The summed E-state index contributed by atoms with van der Waals surface area (Å²) in [6.07, 6.45) is 2.72. The number of benzene rings is 1. The van der Waals surface area contributed by atoms with Crippen LogP contribution in [0, 0.1) is 5.92 Å². The third-order valence-electron chi connectivity index (χ3n) is 4.03. The molecule has 1 saturated heterocycles. The second kappa shape index (κ2) is 5.58. The minimum absolute atomic E-state index is 0.134. The van der Waals surface area contributed by atoms with Crippen molar-refractivity contribution in [2.75, 3.05) is 18.8 Å². The molecule has 1 aliphatic heterocycles. The van der Waals surface area contributed by atoms with E-state index in [1.165, 1.54) is 0 Å². The summed E-state index contributed by atoms with van der Waals surface area (Å²) in [5.41, 5.74) is -0.578. The molecule has 2 aliphatic rings. The molecule has 3 rings (SSSR count). The average Bonchev–Trinajstić information content (AvgIpc) is 3.21. The van der Waals surface area contributed by atoms with Crippen LogP contribution in [0.15, 0.2) is 29.2 Å². The molecular weight excluding hydrogens is 294 g/mol. The Morgan fingerprint density at radius 2 is 2.10 bits per heavy atom. The molecule has 3 nitrogen and oxygen atoms in total. The molecule has 0 radical (unpaired) electrons. The van der Waals surface area contributed by atoms with Crippen molar-refractivity contribution in [3.8, 4) is 0 Å². The third kappa shape index (κ3) is 2.97. The van der Waals surface area contributed by atoms with E-state index >= 15 is 0 Å². The van der Waals surface area contributed by atoms with Crippen molar-refractivity contribution in [2.24, 2.45) is 5.92 Å². The Labute approximate surface area is 128 Å². The van der Waals surface area contributed by atoms with Gasteiger partial charge in [0.15, 0.2) is 0 Å². The van der Waals surface area contributed by atoms with Crippen LogP contribution in [-0.2, 0) is 4.79 Å². The number of nitrogens with zero attached hydrogens (tertiary/aromatic N) is 1. The van der Waals surface area contributed by atoms with Crippen LogP contribution in [0.1, 0.15) is 19.3 Å². The van der Waals surface area contributed by atoms with Crippen molar-refractivity contribution in [2.45, 2.75) is 29.8 Å². The predicted molar refractivity (Wildman–Crippen MR) is 81.0 cm³/mol. The van der Waals surface area contributed by atoms with Gasteiger partial charge in [0.2, 0.25) is 5.91 Å². The van der Waals surface area contributed by atoms with E-state index in [0.717, 1.165) is 28.5 Å². The molecule has 1 amide bonds. The lowest BCUT2D eigenvalue weighted by atomic mass is 9.88. The summed E-state index contributed by atoms with van der Waals surface area (Å²) in [5.74, 6) is 1.29. The zero-order valence-electron chi connectivity index (χ0n) is 11.2. The van der Waals surface area contributed by atoms with E-state index in [2.05, 4.69) is 0 Å². The summed E-state index contributed by atoms with van der Waals surface area (Å²) in [7, 11) is 0. The normalized spacial score (nSPS) is 20.6. The Balaban J connectivity index is 1.41. The molecule has 20 heavy (non-hydrogen) atoms. The zero-order chi connectivity index (χ0) is 14.2. The fourth-order valence-corrected chi connectivity index (χ4v) is 3.81. The van der Waals surface area contributed by atoms with Crippen molar-refractivity contribution in [3.05, 3.63) is 29.3 Å². The molecule has 108 valence electrons. The van der Waals surface area contributed by atoms with Gasteiger partial charge in [0.25, 0.3) is 0 Å². The number of aliphatic hydroxyl groups is 1. The first kappa shape index (κ1) is 14.2. The Morgan fingerprint density at radius 1 is 1.40 bits per heavy atom. The van der Waals surface area contributed by atoms with Crippen molar-refractivity contribution in [1.82, 2.24) is 4.90 Å². The monoisotopic (exact) mass is 311 g/mol. The number of hydrogen-bond acceptors (Lipinski definition) is 3. The van der Waals surface area contributed by atoms with Crippen molar-refractivity contribution >= 4 is 29.3 Å². The maximum absolute atomic E-state index is 12.0. The SMILES string of the molecule is O=C(CCSc1ccccc1Cl)N1CC(O)(C2CC2)C1. The van der Waals surface area contributed by atoms with Gasteiger partial charge in [-0.1, -0.05) is 23.7 Å². The molecule has 1 aromatic carbocycles. The molecule has 0 atom stereocenters. The first-order valence-corrected chi connectivity index (χ1v) is 8.32. The zero-order valence-corrected chi connectivity index (χ0v) is 12.8. The van der Waals surface area contributed by atoms with Gasteiger partial charge in [-0.3, -0.25) is 4.79 Å². The van der Waals surface area contributed by atoms with Gasteiger partial charge in [-0.05, 0) is 30.9 Å². The molecule has 0 unspecified atom stereocenters. The van der Waals surface area contributed by atoms with E-state index < -0.39 is 5.60 Å². The van der Waals surface area contributed by atoms with E-state index in [1.54, 1.807) is 16.7 Å². The van der Waals surface area contributed by atoms with Crippen LogP contribution in [-0.4, -0.2) is 40.4 Å². The second-order valence-corrected chi connectivity index (χ2v) is 7.20. The number of halogens is 1. The second-order valence-electron chi connectivity index (χ2n) is 5.66. The molecule has 1 N–H and O–H groups in total. The van der Waals surface area contributed by atoms with E-state index in [0.29, 0.717) is 25.4 Å². The lowest BCUT2D eigenvalue weighted by Crippen LogP contribution is -2.64. The maximum Gasteiger partial charge on any atom is 0.223 e. The molecule has 1 aliphatic carbocycles. The highest BCUT2D eigenvalue weighted by Gasteiger charge is 2.52. The topological polar surface area (TPSA) is 40.5 Å². The number of likely N-dealkylation sites (tertiary alicyclic amines) is 1. The highest BCUT2D eigenvalue weighted by molar-refractivity contribution is 7.99. The van der Waals surface area contributed by atoms with E-state index in [1.807, 2.05) is 24.3 Å². The summed E-state index contributed by atoms with van der Waals surface area (Å²) < 4.78 is 0. The number of thioether (sulfide) groups is 1. The minimum Gasteiger partial charge on any atom is -0.386 e. The van der Waals surface area contributed by atoms with Gasteiger partial charge in [0.1, 0.15) is 5.60 Å². The molecule has 5 heteroatoms. The van der Waals surface area contributed by atoms with Gasteiger partial charge in [-0.15, -0.1) is 11.8 Å². The van der Waals surface area contributed by atoms with Crippen LogP contribution in [0.4, 0.5) is 0 Å². The highest BCUT2D eigenvalue weighted by atomic mass is 35.5. The van der Waals surface area contributed by atoms with E-state index in [4.69, 9.17) is 11.6 Å². The van der Waals surface area contributed by atoms with Gasteiger partial charge >= 0.3 is 0 Å². The lowest BCUT2D eigenvalue weighted by Gasteiger charge is -2.47. The van der Waals surface area contributed by atoms with Gasteiger partial charge in [0, 0.05) is 17.1 Å². The number of rotatable bonds is 5. The van der Waals surface area contributed by atoms with Crippen LogP contribution in [0.3, 0.4) is 0 Å². The summed E-state index contributed by atoms with van der Waals surface area (Å²) >= 11 is 7.67. The van der Waals surface area contributed by atoms with Crippen LogP contribution in [0.5, 0.6) is 0 Å². The number of β-amino-alcohol motifs (C(OH)–C–C–N with tert-alkyl or cyclic N) is 1. The van der Waals surface area contributed by atoms with Crippen LogP contribution < -0.4 is 0 Å². The smallest absolute Gasteiger partial charge is 0.223 e. The molecule has 0 spiro atoms. The van der Waals surface area contributed by atoms with E-state index in [-0.39, 0.29) is 5.91 Å². The molecule has 0 aromatic heterocycles. The van der Waals surface area contributed by atoms with Crippen LogP contribution in [0.25, 0.3) is 0 Å². The Kier molecular flexibility index (Phi) is 3.98. The Morgan fingerprint density at radius 3 is 2.75 bits per heavy atom. The molecule has 1 aromatic rings. The third-order valence-corrected chi connectivity index (χ3v) is 5.55. The molecular formula is C15H18ClNO2S. The maximum atomic E-state index is 12.0. The van der Waals surface area contributed by atoms with Crippen molar-refractivity contribution in [3.63, 3.8) is 0 Å².